The summed E-state index contributed by atoms with van der Waals surface area (Å²) in [4.78, 5) is 0. The van der Waals surface area contributed by atoms with Crippen LogP contribution in [0.3, 0.4) is 0 Å². The van der Waals surface area contributed by atoms with Gasteiger partial charge in [-0.25, -0.2) is 0 Å². The molecule has 0 aliphatic rings. The highest BCUT2D eigenvalue weighted by Gasteiger charge is 2.06. The summed E-state index contributed by atoms with van der Waals surface area (Å²) in [5.74, 6) is 0. The minimum Gasteiger partial charge on any atom is -0.0537 e. The predicted molar refractivity (Wildman–Crippen MR) is 67.8 cm³/mol. The SMILES string of the molecule is [c]1cc2ccc3c[c]cc4ccc(c1)c2c34. The van der Waals surface area contributed by atoms with E-state index in [1.54, 1.807) is 0 Å². The van der Waals surface area contributed by atoms with Crippen LogP contribution in [0.2, 0.25) is 0 Å². The molecule has 0 heterocycles. The Morgan fingerprint density at radius 3 is 1.12 bits per heavy atom. The van der Waals surface area contributed by atoms with Crippen molar-refractivity contribution in [3.8, 4) is 0 Å². The van der Waals surface area contributed by atoms with Crippen LogP contribution in [0.25, 0.3) is 32.3 Å². The monoisotopic (exact) mass is 200 g/mol. The van der Waals surface area contributed by atoms with Crippen molar-refractivity contribution in [2.45, 2.75) is 0 Å². The van der Waals surface area contributed by atoms with Crippen molar-refractivity contribution < 1.29 is 0 Å². The third-order valence-corrected chi connectivity index (χ3v) is 3.24. The smallest absolute Gasteiger partial charge is 0.00264 e. The summed E-state index contributed by atoms with van der Waals surface area (Å²) >= 11 is 0. The van der Waals surface area contributed by atoms with Gasteiger partial charge in [0.1, 0.15) is 0 Å². The summed E-state index contributed by atoms with van der Waals surface area (Å²) in [6.45, 7) is 0. The van der Waals surface area contributed by atoms with Crippen LogP contribution < -0.4 is 0 Å². The molecule has 16 heavy (non-hydrogen) atoms. The van der Waals surface area contributed by atoms with E-state index in [1.807, 2.05) is 0 Å². The van der Waals surface area contributed by atoms with E-state index in [4.69, 9.17) is 0 Å². The van der Waals surface area contributed by atoms with Gasteiger partial charge in [0.2, 0.25) is 0 Å². The lowest BCUT2D eigenvalue weighted by atomic mass is 9.95. The summed E-state index contributed by atoms with van der Waals surface area (Å²) in [7, 11) is 0. The fraction of sp³-hybridized carbons (Fsp3) is 0. The van der Waals surface area contributed by atoms with Gasteiger partial charge in [-0.15, -0.1) is 0 Å². The van der Waals surface area contributed by atoms with Gasteiger partial charge in [-0.1, -0.05) is 24.3 Å². The minimum absolute atomic E-state index is 1.27. The molecule has 72 valence electrons. The maximum Gasteiger partial charge on any atom is -0.00264 e. The molecule has 2 radical (unpaired) electrons. The lowest BCUT2D eigenvalue weighted by molar-refractivity contribution is 1.76. The highest BCUT2D eigenvalue weighted by atomic mass is 14.1. The summed E-state index contributed by atoms with van der Waals surface area (Å²) in [5.41, 5.74) is 0. The van der Waals surface area contributed by atoms with Crippen LogP contribution in [-0.2, 0) is 0 Å². The second kappa shape index (κ2) is 2.73. The Morgan fingerprint density at radius 1 is 0.500 bits per heavy atom. The largest absolute Gasteiger partial charge is 0.0537 e. The molecule has 0 aromatic heterocycles. The van der Waals surface area contributed by atoms with Crippen LogP contribution in [0.1, 0.15) is 0 Å². The zero-order valence-corrected chi connectivity index (χ0v) is 8.62. The van der Waals surface area contributed by atoms with E-state index in [0.717, 1.165) is 0 Å². The van der Waals surface area contributed by atoms with Crippen LogP contribution in [0.5, 0.6) is 0 Å². The molecule has 0 N–H and O–H groups in total. The van der Waals surface area contributed by atoms with Gasteiger partial charge >= 0.3 is 0 Å². The Labute approximate surface area is 93.5 Å². The van der Waals surface area contributed by atoms with Crippen molar-refractivity contribution in [1.29, 1.82) is 0 Å². The summed E-state index contributed by atoms with van der Waals surface area (Å²) in [6.07, 6.45) is 0. The molecule has 4 aromatic carbocycles. The molecule has 4 rings (SSSR count). The Hall–Kier alpha value is -2.08. The van der Waals surface area contributed by atoms with E-state index in [9.17, 15) is 0 Å². The van der Waals surface area contributed by atoms with Gasteiger partial charge < -0.3 is 0 Å². The first-order valence-electron chi connectivity index (χ1n) is 5.38. The fourth-order valence-corrected chi connectivity index (χ4v) is 2.53. The zero-order chi connectivity index (χ0) is 10.5. The number of hydrogen-bond acceptors (Lipinski definition) is 0. The van der Waals surface area contributed by atoms with Gasteiger partial charge in [0.15, 0.2) is 0 Å². The normalized spacial score (nSPS) is 11.8. The van der Waals surface area contributed by atoms with Crippen LogP contribution in [-0.4, -0.2) is 0 Å². The van der Waals surface area contributed by atoms with Gasteiger partial charge in [-0.05, 0) is 68.7 Å². The fourth-order valence-electron chi connectivity index (χ4n) is 2.53. The molecule has 0 bridgehead atoms. The zero-order valence-electron chi connectivity index (χ0n) is 8.62. The van der Waals surface area contributed by atoms with E-state index in [0.29, 0.717) is 0 Å². The second-order valence-electron chi connectivity index (χ2n) is 4.15. The summed E-state index contributed by atoms with van der Waals surface area (Å²) in [5, 5.41) is 7.76. The average Bonchev–Trinajstić information content (AvgIpc) is 2.36. The van der Waals surface area contributed by atoms with Crippen molar-refractivity contribution in [3.05, 3.63) is 60.7 Å². The lowest BCUT2D eigenvalue weighted by Crippen LogP contribution is -1.82. The summed E-state index contributed by atoms with van der Waals surface area (Å²) < 4.78 is 0. The van der Waals surface area contributed by atoms with Gasteiger partial charge in [0, 0.05) is 0 Å². The number of hydrogen-bond donors (Lipinski definition) is 0. The van der Waals surface area contributed by atoms with Crippen molar-refractivity contribution in [2.24, 2.45) is 0 Å². The van der Waals surface area contributed by atoms with Crippen LogP contribution in [0.4, 0.5) is 0 Å². The Kier molecular flexibility index (Phi) is 1.39. The lowest BCUT2D eigenvalue weighted by Gasteiger charge is -2.09. The Morgan fingerprint density at radius 2 is 0.812 bits per heavy atom. The molecule has 0 atom stereocenters. The molecule has 4 aromatic rings. The third kappa shape index (κ3) is 0.892. The molecule has 0 aliphatic heterocycles. The van der Waals surface area contributed by atoms with Crippen molar-refractivity contribution in [1.82, 2.24) is 0 Å². The highest BCUT2D eigenvalue weighted by Crippen LogP contribution is 2.33. The van der Waals surface area contributed by atoms with Crippen molar-refractivity contribution in [3.63, 3.8) is 0 Å². The van der Waals surface area contributed by atoms with Gasteiger partial charge in [-0.2, -0.15) is 0 Å². The summed E-state index contributed by atoms with van der Waals surface area (Å²) in [6, 6.07) is 23.2. The standard InChI is InChI=1S/C16H8/c1-3-11-7-9-13-5-2-6-14-10-8-12(4-1)15(11)16(13)14/h3-10H. The Bertz CT molecular complexity index is 667. The van der Waals surface area contributed by atoms with E-state index in [1.165, 1.54) is 32.3 Å². The molecule has 0 nitrogen and oxygen atoms in total. The molecule has 0 heteroatoms. The second-order valence-corrected chi connectivity index (χ2v) is 4.15. The van der Waals surface area contributed by atoms with Gasteiger partial charge in [0.05, 0.1) is 0 Å². The minimum atomic E-state index is 1.27. The molecule has 0 amide bonds. The average molecular weight is 200 g/mol. The van der Waals surface area contributed by atoms with Crippen LogP contribution >= 0.6 is 0 Å². The molecule has 0 aliphatic carbocycles. The van der Waals surface area contributed by atoms with E-state index in [-0.39, 0.29) is 0 Å². The van der Waals surface area contributed by atoms with E-state index >= 15 is 0 Å². The van der Waals surface area contributed by atoms with E-state index in [2.05, 4.69) is 60.7 Å². The van der Waals surface area contributed by atoms with Crippen molar-refractivity contribution >= 4 is 32.3 Å². The topological polar surface area (TPSA) is 0 Å². The molecule has 0 saturated carbocycles. The third-order valence-electron chi connectivity index (χ3n) is 3.24. The maximum atomic E-state index is 3.19. The molecule has 0 spiro atoms. The van der Waals surface area contributed by atoms with Gasteiger partial charge in [0.25, 0.3) is 0 Å². The first kappa shape index (κ1) is 8.12. The molecule has 0 saturated heterocycles. The quantitative estimate of drug-likeness (QED) is 0.373. The highest BCUT2D eigenvalue weighted by molar-refractivity contribution is 6.22. The van der Waals surface area contributed by atoms with Crippen LogP contribution in [0.15, 0.2) is 48.5 Å². The van der Waals surface area contributed by atoms with E-state index < -0.39 is 0 Å². The van der Waals surface area contributed by atoms with Gasteiger partial charge in [-0.3, -0.25) is 0 Å². The first-order chi connectivity index (χ1) is 7.93. The number of benzene rings is 4. The molecule has 0 fully saturated rings. The Balaban J connectivity index is 2.51. The first-order valence-corrected chi connectivity index (χ1v) is 5.38. The predicted octanol–water partition coefficient (Wildman–Crippen LogP) is 4.18. The molecule has 0 unspecified atom stereocenters. The van der Waals surface area contributed by atoms with Crippen molar-refractivity contribution in [2.75, 3.05) is 0 Å². The molecular weight excluding hydrogens is 192 g/mol. The molecular formula is C16H8. The number of rotatable bonds is 0. The van der Waals surface area contributed by atoms with Crippen LogP contribution in [0, 0.1) is 12.1 Å². The maximum absolute atomic E-state index is 3.19.